The van der Waals surface area contributed by atoms with Crippen LogP contribution < -0.4 is 5.73 Å². The molecule has 1 heterocycles. The highest BCUT2D eigenvalue weighted by molar-refractivity contribution is 8.00. The summed E-state index contributed by atoms with van der Waals surface area (Å²) >= 11 is 2.87. The van der Waals surface area contributed by atoms with Crippen LogP contribution in [0.1, 0.15) is 41.8 Å². The quantitative estimate of drug-likeness (QED) is 0.626. The molecule has 0 fully saturated rings. The molecule has 5 nitrogen and oxygen atoms in total. The number of hydrogen-bond acceptors (Lipinski definition) is 7. The van der Waals surface area contributed by atoms with Crippen molar-refractivity contribution < 1.29 is 9.90 Å². The van der Waals surface area contributed by atoms with Crippen molar-refractivity contribution in [3.05, 3.63) is 28.8 Å². The van der Waals surface area contributed by atoms with Gasteiger partial charge < -0.3 is 10.8 Å². The predicted molar refractivity (Wildman–Crippen MR) is 86.0 cm³/mol. The third kappa shape index (κ3) is 3.74. The lowest BCUT2D eigenvalue weighted by atomic mass is 9.98. The van der Waals surface area contributed by atoms with E-state index in [2.05, 4.69) is 10.2 Å². The number of phenols is 1. The van der Waals surface area contributed by atoms with E-state index in [4.69, 9.17) is 5.73 Å². The predicted octanol–water partition coefficient (Wildman–Crippen LogP) is 3.27. The molecule has 2 aromatic rings. The van der Waals surface area contributed by atoms with Crippen LogP contribution in [0.15, 0.2) is 16.5 Å². The van der Waals surface area contributed by atoms with Gasteiger partial charge in [-0.1, -0.05) is 42.5 Å². The molecular weight excluding hydrogens is 306 g/mol. The summed E-state index contributed by atoms with van der Waals surface area (Å²) in [5.74, 6) is 0.649. The van der Waals surface area contributed by atoms with Crippen LogP contribution in [-0.4, -0.2) is 21.1 Å². The zero-order chi connectivity index (χ0) is 15.4. The number of ketones is 1. The molecule has 0 atom stereocenters. The summed E-state index contributed by atoms with van der Waals surface area (Å²) in [5, 5.41) is 18.5. The third-order valence-corrected chi connectivity index (χ3v) is 4.97. The lowest BCUT2D eigenvalue weighted by molar-refractivity contribution is 0.101. The fourth-order valence-electron chi connectivity index (χ4n) is 2.04. The number of aromatic hydroxyl groups is 1. The van der Waals surface area contributed by atoms with Gasteiger partial charge in [0.15, 0.2) is 10.1 Å². The molecule has 7 heteroatoms. The Hall–Kier alpha value is -1.60. The lowest BCUT2D eigenvalue weighted by Gasteiger charge is -2.12. The maximum absolute atomic E-state index is 11.5. The van der Waals surface area contributed by atoms with E-state index in [1.807, 2.05) is 13.0 Å². The van der Waals surface area contributed by atoms with E-state index in [9.17, 15) is 9.90 Å². The third-order valence-electron chi connectivity index (χ3n) is 3.03. The minimum absolute atomic E-state index is 0.110. The number of nitrogen functional groups attached to an aromatic ring is 1. The molecule has 0 unspecified atom stereocenters. The van der Waals surface area contributed by atoms with Crippen molar-refractivity contribution >= 4 is 34.0 Å². The molecule has 0 saturated heterocycles. The number of rotatable bonds is 6. The molecule has 0 radical (unpaired) electrons. The molecule has 3 N–H and O–H groups in total. The molecule has 0 bridgehead atoms. The molecule has 0 aliphatic heterocycles. The zero-order valence-corrected chi connectivity index (χ0v) is 13.6. The fraction of sp³-hybridized carbons (Fsp3) is 0.357. The van der Waals surface area contributed by atoms with Gasteiger partial charge in [-0.3, -0.25) is 4.79 Å². The van der Waals surface area contributed by atoms with E-state index in [-0.39, 0.29) is 11.5 Å². The van der Waals surface area contributed by atoms with Crippen molar-refractivity contribution in [2.75, 3.05) is 5.73 Å². The maximum atomic E-state index is 11.5. The average molecular weight is 323 g/mol. The van der Waals surface area contributed by atoms with Crippen LogP contribution in [0.3, 0.4) is 0 Å². The summed E-state index contributed by atoms with van der Waals surface area (Å²) in [6.07, 6.45) is 1.64. The molecule has 2 rings (SSSR count). The summed E-state index contributed by atoms with van der Waals surface area (Å²) < 4.78 is 0.796. The van der Waals surface area contributed by atoms with Gasteiger partial charge in [-0.15, -0.1) is 10.2 Å². The number of thioether (sulfide) groups is 1. The van der Waals surface area contributed by atoms with Gasteiger partial charge in [0.25, 0.3) is 0 Å². The minimum Gasteiger partial charge on any atom is -0.507 e. The van der Waals surface area contributed by atoms with Gasteiger partial charge >= 0.3 is 0 Å². The van der Waals surface area contributed by atoms with Crippen LogP contribution in [-0.2, 0) is 12.2 Å². The van der Waals surface area contributed by atoms with Crippen molar-refractivity contribution in [2.45, 2.75) is 36.8 Å². The molecule has 0 aliphatic rings. The Morgan fingerprint density at radius 3 is 2.76 bits per heavy atom. The highest BCUT2D eigenvalue weighted by Crippen LogP contribution is 2.33. The second-order valence-electron chi connectivity index (χ2n) is 4.60. The largest absolute Gasteiger partial charge is 0.507 e. The SMILES string of the molecule is CCCc1c(CSc2nnc(N)s2)ccc(C(C)=O)c1O. The Morgan fingerprint density at radius 1 is 1.43 bits per heavy atom. The molecular formula is C14H17N3O2S2. The number of carbonyl (C=O) groups is 1. The molecule has 112 valence electrons. The fourth-order valence-corrected chi connectivity index (χ4v) is 3.70. The molecule has 1 aromatic carbocycles. The number of anilines is 1. The standard InChI is InChI=1S/C14H17N3O2S2/c1-3-4-11-9(5-6-10(8(2)18)12(11)19)7-20-14-17-16-13(15)21-14/h5-6,19H,3-4,7H2,1-2H3,(H2,15,16). The van der Waals surface area contributed by atoms with Crippen LogP contribution >= 0.6 is 23.1 Å². The average Bonchev–Trinajstić information content (AvgIpc) is 2.85. The molecule has 21 heavy (non-hydrogen) atoms. The van der Waals surface area contributed by atoms with Gasteiger partial charge in [-0.25, -0.2) is 0 Å². The summed E-state index contributed by atoms with van der Waals surface area (Å²) in [5.41, 5.74) is 7.79. The minimum atomic E-state index is -0.124. The van der Waals surface area contributed by atoms with Crippen LogP contribution in [0.4, 0.5) is 5.13 Å². The summed E-state index contributed by atoms with van der Waals surface area (Å²) in [6.45, 7) is 3.51. The number of phenolic OH excluding ortho intramolecular Hbond substituents is 1. The second kappa shape index (κ2) is 6.91. The van der Waals surface area contributed by atoms with Crippen LogP contribution in [0.2, 0.25) is 0 Å². The Labute approximate surface area is 131 Å². The van der Waals surface area contributed by atoms with Crippen molar-refractivity contribution in [3.63, 3.8) is 0 Å². The van der Waals surface area contributed by atoms with Gasteiger partial charge in [0.2, 0.25) is 5.13 Å². The molecule has 1 aromatic heterocycles. The smallest absolute Gasteiger partial charge is 0.203 e. The Morgan fingerprint density at radius 2 is 2.19 bits per heavy atom. The van der Waals surface area contributed by atoms with Gasteiger partial charge in [-0.2, -0.15) is 0 Å². The van der Waals surface area contributed by atoms with Crippen molar-refractivity contribution in [3.8, 4) is 5.75 Å². The van der Waals surface area contributed by atoms with Gasteiger partial charge in [-0.05, 0) is 30.5 Å². The number of hydrogen-bond donors (Lipinski definition) is 2. The Balaban J connectivity index is 2.25. The van der Waals surface area contributed by atoms with Crippen molar-refractivity contribution in [1.29, 1.82) is 0 Å². The van der Waals surface area contributed by atoms with Gasteiger partial charge in [0.05, 0.1) is 5.56 Å². The first-order valence-corrected chi connectivity index (χ1v) is 8.39. The summed E-state index contributed by atoms with van der Waals surface area (Å²) in [4.78, 5) is 11.5. The number of nitrogens with zero attached hydrogens (tertiary/aromatic N) is 2. The van der Waals surface area contributed by atoms with Crippen molar-refractivity contribution in [1.82, 2.24) is 10.2 Å². The second-order valence-corrected chi connectivity index (χ2v) is 6.83. The van der Waals surface area contributed by atoms with Gasteiger partial charge in [0.1, 0.15) is 5.75 Å². The number of carbonyl (C=O) groups excluding carboxylic acids is 1. The van der Waals surface area contributed by atoms with Crippen LogP contribution in [0.5, 0.6) is 5.75 Å². The normalized spacial score (nSPS) is 10.8. The van der Waals surface area contributed by atoms with E-state index in [0.717, 1.165) is 28.3 Å². The molecule has 0 aliphatic carbocycles. The summed E-state index contributed by atoms with van der Waals surface area (Å²) in [7, 11) is 0. The lowest BCUT2D eigenvalue weighted by Crippen LogP contribution is -2.00. The number of Topliss-reactive ketones (excluding diaryl/α,β-unsaturated/α-hetero) is 1. The first-order chi connectivity index (χ1) is 10.0. The first kappa shape index (κ1) is 15.8. The Kier molecular flexibility index (Phi) is 5.19. The topological polar surface area (TPSA) is 89.1 Å². The number of benzene rings is 1. The van der Waals surface area contributed by atoms with E-state index < -0.39 is 0 Å². The van der Waals surface area contributed by atoms with E-state index >= 15 is 0 Å². The molecule has 0 amide bonds. The highest BCUT2D eigenvalue weighted by Gasteiger charge is 2.15. The zero-order valence-electron chi connectivity index (χ0n) is 11.9. The molecule has 0 spiro atoms. The molecule has 0 saturated carbocycles. The number of aromatic nitrogens is 2. The van der Waals surface area contributed by atoms with E-state index in [1.54, 1.807) is 6.07 Å². The summed E-state index contributed by atoms with van der Waals surface area (Å²) in [6, 6.07) is 3.58. The van der Waals surface area contributed by atoms with Gasteiger partial charge in [0, 0.05) is 5.75 Å². The maximum Gasteiger partial charge on any atom is 0.203 e. The van der Waals surface area contributed by atoms with E-state index in [1.165, 1.54) is 30.0 Å². The highest BCUT2D eigenvalue weighted by atomic mass is 32.2. The number of nitrogens with two attached hydrogens (primary N) is 1. The van der Waals surface area contributed by atoms with Crippen molar-refractivity contribution in [2.24, 2.45) is 0 Å². The first-order valence-electron chi connectivity index (χ1n) is 6.59. The Bertz CT molecular complexity index is 656. The monoisotopic (exact) mass is 323 g/mol. The van der Waals surface area contributed by atoms with Crippen LogP contribution in [0.25, 0.3) is 0 Å². The van der Waals surface area contributed by atoms with Crippen LogP contribution in [0, 0.1) is 0 Å². The van der Waals surface area contributed by atoms with E-state index in [0.29, 0.717) is 16.4 Å².